The van der Waals surface area contributed by atoms with Gasteiger partial charge in [-0.25, -0.2) is 8.42 Å². The normalized spacial score (nSPS) is 18.2. The van der Waals surface area contributed by atoms with Crippen LogP contribution in [0.4, 0.5) is 0 Å². The van der Waals surface area contributed by atoms with Crippen LogP contribution in [0.3, 0.4) is 0 Å². The number of amides is 1. The minimum absolute atomic E-state index is 0.188. The van der Waals surface area contributed by atoms with Gasteiger partial charge in [-0.2, -0.15) is 4.31 Å². The number of methoxy groups -OCH3 is 2. The first-order valence-electron chi connectivity index (χ1n) is 8.77. The lowest BCUT2D eigenvalue weighted by molar-refractivity contribution is -0.135. The molecule has 1 aromatic rings. The van der Waals surface area contributed by atoms with Crippen molar-refractivity contribution in [2.24, 2.45) is 0 Å². The van der Waals surface area contributed by atoms with Crippen LogP contribution in [0.25, 0.3) is 0 Å². The molecular formula is C18H28N2O5S. The van der Waals surface area contributed by atoms with E-state index in [2.05, 4.69) is 0 Å². The standard InChI is InChI=1S/C18H28N2O5S/c1-15-6-8-16(9-7-15)26(22,23)20-10-4-5-17(20)18(21)19(11-13-24-2)12-14-25-3/h6-9,17H,4-5,10-14H2,1-3H3. The van der Waals surface area contributed by atoms with Gasteiger partial charge in [0.15, 0.2) is 0 Å². The maximum atomic E-state index is 13.0. The highest BCUT2D eigenvalue weighted by molar-refractivity contribution is 7.89. The number of benzene rings is 1. The molecular weight excluding hydrogens is 356 g/mol. The number of carbonyl (C=O) groups excluding carboxylic acids is 1. The van der Waals surface area contributed by atoms with E-state index in [1.807, 2.05) is 6.92 Å². The van der Waals surface area contributed by atoms with E-state index in [1.165, 1.54) is 4.31 Å². The Morgan fingerprint density at radius 2 is 1.73 bits per heavy atom. The summed E-state index contributed by atoms with van der Waals surface area (Å²) in [5.74, 6) is -0.188. The van der Waals surface area contributed by atoms with Crippen LogP contribution >= 0.6 is 0 Å². The third-order valence-corrected chi connectivity index (χ3v) is 6.48. The number of hydrogen-bond acceptors (Lipinski definition) is 5. The largest absolute Gasteiger partial charge is 0.383 e. The van der Waals surface area contributed by atoms with Crippen LogP contribution < -0.4 is 0 Å². The molecule has 26 heavy (non-hydrogen) atoms. The van der Waals surface area contributed by atoms with Gasteiger partial charge in [0, 0.05) is 33.9 Å². The molecule has 1 atom stereocenters. The second-order valence-corrected chi connectivity index (χ2v) is 8.29. The summed E-state index contributed by atoms with van der Waals surface area (Å²) in [5, 5.41) is 0. The molecule has 1 aliphatic rings. The molecule has 0 saturated carbocycles. The van der Waals surface area contributed by atoms with E-state index < -0.39 is 16.1 Å². The minimum Gasteiger partial charge on any atom is -0.383 e. The molecule has 0 spiro atoms. The van der Waals surface area contributed by atoms with E-state index in [0.29, 0.717) is 45.7 Å². The molecule has 1 aromatic carbocycles. The average molecular weight is 384 g/mol. The number of nitrogens with zero attached hydrogens (tertiary/aromatic N) is 2. The molecule has 0 bridgehead atoms. The van der Waals surface area contributed by atoms with Crippen LogP contribution in [0.5, 0.6) is 0 Å². The van der Waals surface area contributed by atoms with Gasteiger partial charge >= 0.3 is 0 Å². The van der Waals surface area contributed by atoms with Crippen molar-refractivity contribution in [2.75, 3.05) is 47.1 Å². The van der Waals surface area contributed by atoms with Gasteiger partial charge in [0.1, 0.15) is 6.04 Å². The molecule has 1 aliphatic heterocycles. The van der Waals surface area contributed by atoms with Gasteiger partial charge in [-0.05, 0) is 31.9 Å². The van der Waals surface area contributed by atoms with E-state index >= 15 is 0 Å². The smallest absolute Gasteiger partial charge is 0.243 e. The van der Waals surface area contributed by atoms with Gasteiger partial charge < -0.3 is 14.4 Å². The minimum atomic E-state index is -3.70. The maximum Gasteiger partial charge on any atom is 0.243 e. The van der Waals surface area contributed by atoms with Gasteiger partial charge in [0.05, 0.1) is 18.1 Å². The lowest BCUT2D eigenvalue weighted by atomic mass is 10.2. The molecule has 0 N–H and O–H groups in total. The summed E-state index contributed by atoms with van der Waals surface area (Å²) in [6.45, 7) is 3.87. The summed E-state index contributed by atoms with van der Waals surface area (Å²) >= 11 is 0. The molecule has 7 nitrogen and oxygen atoms in total. The van der Waals surface area contributed by atoms with Crippen LogP contribution in [-0.2, 0) is 24.3 Å². The lowest BCUT2D eigenvalue weighted by Crippen LogP contribution is -2.49. The fourth-order valence-corrected chi connectivity index (χ4v) is 4.72. The summed E-state index contributed by atoms with van der Waals surface area (Å²) in [5.41, 5.74) is 0.989. The van der Waals surface area contributed by atoms with Crippen molar-refractivity contribution < 1.29 is 22.7 Å². The fraction of sp³-hybridized carbons (Fsp3) is 0.611. The highest BCUT2D eigenvalue weighted by atomic mass is 32.2. The Labute approximate surface area is 155 Å². The molecule has 1 unspecified atom stereocenters. The molecule has 8 heteroatoms. The summed E-state index contributed by atoms with van der Waals surface area (Å²) < 4.78 is 37.5. The molecule has 1 fully saturated rings. The number of carbonyl (C=O) groups is 1. The first-order valence-corrected chi connectivity index (χ1v) is 10.2. The second kappa shape index (κ2) is 9.45. The van der Waals surface area contributed by atoms with E-state index in [1.54, 1.807) is 43.4 Å². The van der Waals surface area contributed by atoms with Crippen LogP contribution in [-0.4, -0.2) is 76.6 Å². The van der Waals surface area contributed by atoms with Crippen molar-refractivity contribution in [1.29, 1.82) is 0 Å². The van der Waals surface area contributed by atoms with Gasteiger partial charge in [0.2, 0.25) is 15.9 Å². The van der Waals surface area contributed by atoms with E-state index in [9.17, 15) is 13.2 Å². The van der Waals surface area contributed by atoms with Crippen molar-refractivity contribution in [3.05, 3.63) is 29.8 Å². The monoisotopic (exact) mass is 384 g/mol. The predicted octanol–water partition coefficient (Wildman–Crippen LogP) is 1.27. The number of rotatable bonds is 9. The second-order valence-electron chi connectivity index (χ2n) is 6.40. The fourth-order valence-electron chi connectivity index (χ4n) is 3.07. The molecule has 0 aliphatic carbocycles. The van der Waals surface area contributed by atoms with Crippen LogP contribution in [0.15, 0.2) is 29.2 Å². The number of ether oxygens (including phenoxy) is 2. The zero-order valence-electron chi connectivity index (χ0n) is 15.7. The first kappa shape index (κ1) is 20.8. The Hall–Kier alpha value is -1.48. The summed E-state index contributed by atoms with van der Waals surface area (Å²) in [6, 6.07) is 6.05. The van der Waals surface area contributed by atoms with Crippen molar-refractivity contribution in [3.8, 4) is 0 Å². The lowest BCUT2D eigenvalue weighted by Gasteiger charge is -2.29. The Balaban J connectivity index is 2.21. The third-order valence-electron chi connectivity index (χ3n) is 4.56. The van der Waals surface area contributed by atoms with Crippen molar-refractivity contribution in [3.63, 3.8) is 0 Å². The molecule has 0 aromatic heterocycles. The maximum absolute atomic E-state index is 13.0. The highest BCUT2D eigenvalue weighted by Gasteiger charge is 2.41. The summed E-state index contributed by atoms with van der Waals surface area (Å²) in [6.07, 6.45) is 1.20. The van der Waals surface area contributed by atoms with Gasteiger partial charge in [-0.1, -0.05) is 17.7 Å². The summed E-state index contributed by atoms with van der Waals surface area (Å²) in [7, 11) is -0.557. The quantitative estimate of drug-likeness (QED) is 0.641. The zero-order chi connectivity index (χ0) is 19.2. The molecule has 0 radical (unpaired) electrons. The summed E-state index contributed by atoms with van der Waals surface area (Å²) in [4.78, 5) is 14.9. The number of sulfonamides is 1. The Kier molecular flexibility index (Phi) is 7.57. The van der Waals surface area contributed by atoms with Gasteiger partial charge in [-0.3, -0.25) is 4.79 Å². The zero-order valence-corrected chi connectivity index (χ0v) is 16.5. The Morgan fingerprint density at radius 1 is 1.15 bits per heavy atom. The SMILES string of the molecule is COCCN(CCOC)C(=O)C1CCCN1S(=O)(=O)c1ccc(C)cc1. The first-order chi connectivity index (χ1) is 12.4. The topological polar surface area (TPSA) is 76.2 Å². The molecule has 1 heterocycles. The highest BCUT2D eigenvalue weighted by Crippen LogP contribution is 2.27. The van der Waals surface area contributed by atoms with Gasteiger partial charge in [0.25, 0.3) is 0 Å². The number of aryl methyl sites for hydroxylation is 1. The number of hydrogen-bond donors (Lipinski definition) is 0. The third kappa shape index (κ3) is 4.82. The molecule has 146 valence electrons. The predicted molar refractivity (Wildman–Crippen MR) is 98.4 cm³/mol. The Morgan fingerprint density at radius 3 is 2.27 bits per heavy atom. The van der Waals surface area contributed by atoms with Crippen molar-refractivity contribution in [2.45, 2.75) is 30.7 Å². The van der Waals surface area contributed by atoms with Crippen molar-refractivity contribution >= 4 is 15.9 Å². The molecule has 2 rings (SSSR count). The molecule has 1 saturated heterocycles. The van der Waals surface area contributed by atoms with E-state index in [0.717, 1.165) is 5.56 Å². The Bertz CT molecular complexity index is 682. The van der Waals surface area contributed by atoms with Gasteiger partial charge in [-0.15, -0.1) is 0 Å². The van der Waals surface area contributed by atoms with E-state index in [4.69, 9.17) is 9.47 Å². The van der Waals surface area contributed by atoms with Crippen LogP contribution in [0, 0.1) is 6.92 Å². The molecule has 1 amide bonds. The average Bonchev–Trinajstić information content (AvgIpc) is 3.12. The van der Waals surface area contributed by atoms with Crippen molar-refractivity contribution in [1.82, 2.24) is 9.21 Å². The van der Waals surface area contributed by atoms with Crippen LogP contribution in [0.1, 0.15) is 18.4 Å². The van der Waals surface area contributed by atoms with E-state index in [-0.39, 0.29) is 10.8 Å². The van der Waals surface area contributed by atoms with Crippen LogP contribution in [0.2, 0.25) is 0 Å².